The van der Waals surface area contributed by atoms with E-state index in [0.717, 1.165) is 0 Å². The van der Waals surface area contributed by atoms with Crippen molar-refractivity contribution < 1.29 is 14.4 Å². The van der Waals surface area contributed by atoms with Gasteiger partial charge in [0.15, 0.2) is 0 Å². The minimum Gasteiger partial charge on any atom is -0.311 e. The molecule has 1 aliphatic rings. The van der Waals surface area contributed by atoms with E-state index in [-0.39, 0.29) is 33.4 Å². The second-order valence-electron chi connectivity index (χ2n) is 8.23. The summed E-state index contributed by atoms with van der Waals surface area (Å²) >= 11 is 0. The van der Waals surface area contributed by atoms with Crippen molar-refractivity contribution in [2.75, 3.05) is 35.8 Å². The van der Waals surface area contributed by atoms with Crippen molar-refractivity contribution in [1.82, 2.24) is 0 Å². The Morgan fingerprint density at radius 3 is 0.944 bits per heavy atom. The normalized spacial score (nSPS) is 13.3. The second kappa shape index (κ2) is 9.06. The third kappa shape index (κ3) is 4.11. The number of carbonyl (C=O) groups is 3. The van der Waals surface area contributed by atoms with Gasteiger partial charge in [-0.15, -0.1) is 0 Å². The summed E-state index contributed by atoms with van der Waals surface area (Å²) in [4.78, 5) is 44.0. The number of nitriles is 3. The Bertz CT molecular complexity index is 1400. The molecule has 3 aromatic rings. The van der Waals surface area contributed by atoms with E-state index in [9.17, 15) is 30.2 Å². The lowest BCUT2D eigenvalue weighted by molar-refractivity contribution is 0.0982. The predicted octanol–water partition coefficient (Wildman–Crippen LogP) is 3.44. The zero-order chi connectivity index (χ0) is 26.1. The molecule has 36 heavy (non-hydrogen) atoms. The second-order valence-corrected chi connectivity index (χ2v) is 8.23. The van der Waals surface area contributed by atoms with E-state index in [0.29, 0.717) is 17.1 Å². The molecule has 174 valence electrons. The van der Waals surface area contributed by atoms with Gasteiger partial charge < -0.3 is 14.7 Å². The van der Waals surface area contributed by atoms with Gasteiger partial charge in [0, 0.05) is 54.9 Å². The molecule has 0 saturated carbocycles. The van der Waals surface area contributed by atoms with Crippen LogP contribution in [0.3, 0.4) is 0 Å². The molecule has 0 aliphatic carbocycles. The molecule has 0 fully saturated rings. The first-order chi connectivity index (χ1) is 17.2. The van der Waals surface area contributed by atoms with Crippen LogP contribution in [0.1, 0.15) is 47.8 Å². The van der Waals surface area contributed by atoms with Crippen LogP contribution in [0.15, 0.2) is 54.6 Å². The third-order valence-corrected chi connectivity index (χ3v) is 5.96. The zero-order valence-corrected chi connectivity index (χ0v) is 19.6. The predicted molar refractivity (Wildman–Crippen MR) is 132 cm³/mol. The molecule has 0 atom stereocenters. The molecular formula is C27H18N6O3. The van der Waals surface area contributed by atoms with Gasteiger partial charge in [0.05, 0.1) is 34.9 Å². The number of hydrogen-bond acceptors (Lipinski definition) is 6. The highest BCUT2D eigenvalue weighted by Gasteiger charge is 2.24. The van der Waals surface area contributed by atoms with Crippen LogP contribution >= 0.6 is 0 Å². The number of benzene rings is 3. The lowest BCUT2D eigenvalue weighted by Crippen LogP contribution is -2.29. The van der Waals surface area contributed by atoms with Crippen molar-refractivity contribution in [1.29, 1.82) is 15.8 Å². The molecule has 1 aliphatic heterocycles. The molecule has 3 aromatic carbocycles. The Labute approximate surface area is 207 Å². The summed E-state index contributed by atoms with van der Waals surface area (Å²) in [5.74, 6) is -1.50. The Hall–Kier alpha value is -5.46. The van der Waals surface area contributed by atoms with Gasteiger partial charge in [0.1, 0.15) is 0 Å². The van der Waals surface area contributed by atoms with Gasteiger partial charge in [-0.1, -0.05) is 0 Å². The van der Waals surface area contributed by atoms with Crippen molar-refractivity contribution >= 4 is 34.8 Å². The Balaban J connectivity index is 2.04. The molecule has 9 heteroatoms. The molecule has 0 radical (unpaired) electrons. The minimum atomic E-state index is -0.502. The van der Waals surface area contributed by atoms with Gasteiger partial charge in [0.2, 0.25) is 0 Å². The number of hydrogen-bond donors (Lipinski definition) is 0. The monoisotopic (exact) mass is 474 g/mol. The molecule has 1 heterocycles. The molecule has 4 rings (SSSR count). The van der Waals surface area contributed by atoms with E-state index in [4.69, 9.17) is 0 Å². The van der Waals surface area contributed by atoms with E-state index in [1.807, 2.05) is 18.2 Å². The maximum absolute atomic E-state index is 13.4. The first-order valence-corrected chi connectivity index (χ1v) is 10.7. The first-order valence-electron chi connectivity index (χ1n) is 10.7. The topological polar surface area (TPSA) is 132 Å². The van der Waals surface area contributed by atoms with Crippen LogP contribution in [0.2, 0.25) is 0 Å². The lowest BCUT2D eigenvalue weighted by Gasteiger charge is -2.21. The number of nitrogens with zero attached hydrogens (tertiary/aromatic N) is 6. The fourth-order valence-electron chi connectivity index (χ4n) is 3.91. The van der Waals surface area contributed by atoms with E-state index < -0.39 is 17.7 Å². The van der Waals surface area contributed by atoms with Gasteiger partial charge >= 0.3 is 0 Å². The number of carbonyl (C=O) groups excluding carboxylic acids is 3. The zero-order valence-electron chi connectivity index (χ0n) is 19.6. The fraction of sp³-hybridized carbons (Fsp3) is 0.111. The van der Waals surface area contributed by atoms with Crippen molar-refractivity contribution in [2.24, 2.45) is 0 Å². The molecule has 9 nitrogen and oxygen atoms in total. The quantitative estimate of drug-likeness (QED) is 0.490. The van der Waals surface area contributed by atoms with Crippen LogP contribution in [0.4, 0.5) is 17.1 Å². The maximum Gasteiger partial charge on any atom is 0.258 e. The largest absolute Gasteiger partial charge is 0.311 e. The van der Waals surface area contributed by atoms with Crippen LogP contribution in [0.25, 0.3) is 0 Å². The van der Waals surface area contributed by atoms with Crippen LogP contribution in [-0.4, -0.2) is 38.9 Å². The number of amides is 3. The maximum atomic E-state index is 13.4. The number of fused-ring (bicyclic) bond motifs is 6. The molecule has 3 amide bonds. The van der Waals surface area contributed by atoms with Crippen LogP contribution in [0.5, 0.6) is 0 Å². The Morgan fingerprint density at radius 2 is 0.722 bits per heavy atom. The smallest absolute Gasteiger partial charge is 0.258 e. The molecule has 0 unspecified atom stereocenters. The van der Waals surface area contributed by atoms with Gasteiger partial charge in [-0.25, -0.2) is 0 Å². The molecule has 6 bridgehead atoms. The van der Waals surface area contributed by atoms with Crippen LogP contribution in [0, 0.1) is 34.0 Å². The van der Waals surface area contributed by atoms with Gasteiger partial charge in [-0.2, -0.15) is 15.8 Å². The average molecular weight is 474 g/mol. The van der Waals surface area contributed by atoms with Crippen LogP contribution < -0.4 is 14.7 Å². The molecule has 0 aromatic heterocycles. The SMILES string of the molecule is CN1C(=O)c2cc(C#N)cc(c2)N(C)C(=O)c2cc(C#N)cc(c2)N(C)C(=O)c2cc(C#N)cc1c2. The van der Waals surface area contributed by atoms with Crippen molar-refractivity contribution in [2.45, 2.75) is 0 Å². The third-order valence-electron chi connectivity index (χ3n) is 5.96. The molecule has 0 saturated heterocycles. The van der Waals surface area contributed by atoms with Crippen LogP contribution in [-0.2, 0) is 0 Å². The summed E-state index contributed by atoms with van der Waals surface area (Å²) in [5.41, 5.74) is 1.81. The summed E-state index contributed by atoms with van der Waals surface area (Å²) in [6, 6.07) is 19.1. The van der Waals surface area contributed by atoms with Gasteiger partial charge in [-0.3, -0.25) is 14.4 Å². The van der Waals surface area contributed by atoms with E-state index in [1.54, 1.807) is 0 Å². The fourth-order valence-corrected chi connectivity index (χ4v) is 3.91. The van der Waals surface area contributed by atoms with Gasteiger partial charge in [0.25, 0.3) is 17.7 Å². The highest BCUT2D eigenvalue weighted by molar-refractivity contribution is 6.12. The highest BCUT2D eigenvalue weighted by atomic mass is 16.2. The summed E-state index contributed by atoms with van der Waals surface area (Å²) in [6.45, 7) is 0. The average Bonchev–Trinajstić information content (AvgIpc) is 2.93. The van der Waals surface area contributed by atoms with E-state index in [1.165, 1.54) is 90.4 Å². The standard InChI is InChI=1S/C27H18N6O3/c1-31-22-7-16(13-28)5-20(10-22)26(35)33(3)24-9-18(15-30)6-21(12-24)27(36)32(2)23-8-17(14-29)4-19(11-23)25(31)34/h4-12H,1-3H3. The van der Waals surface area contributed by atoms with E-state index >= 15 is 0 Å². The molecule has 0 spiro atoms. The Kier molecular flexibility index (Phi) is 5.96. The summed E-state index contributed by atoms with van der Waals surface area (Å²) in [7, 11) is 4.47. The first kappa shape index (κ1) is 23.7. The summed E-state index contributed by atoms with van der Waals surface area (Å²) < 4.78 is 0. The molecular weight excluding hydrogens is 456 g/mol. The van der Waals surface area contributed by atoms with Crippen molar-refractivity contribution in [3.63, 3.8) is 0 Å². The number of anilines is 3. The molecule has 0 N–H and O–H groups in total. The van der Waals surface area contributed by atoms with E-state index in [2.05, 4.69) is 0 Å². The summed E-state index contributed by atoms with van der Waals surface area (Å²) in [5, 5.41) is 28.6. The Morgan fingerprint density at radius 1 is 0.472 bits per heavy atom. The van der Waals surface area contributed by atoms with Crippen molar-refractivity contribution in [3.05, 3.63) is 88.0 Å². The number of rotatable bonds is 0. The van der Waals surface area contributed by atoms with Gasteiger partial charge in [-0.05, 0) is 54.6 Å². The summed E-state index contributed by atoms with van der Waals surface area (Å²) in [6.07, 6.45) is 0. The lowest BCUT2D eigenvalue weighted by atomic mass is 10.1. The minimum absolute atomic E-state index is 0.139. The van der Waals surface area contributed by atoms with Crippen molar-refractivity contribution in [3.8, 4) is 18.2 Å². The highest BCUT2D eigenvalue weighted by Crippen LogP contribution is 2.28.